The summed E-state index contributed by atoms with van der Waals surface area (Å²) < 4.78 is 1.43. The quantitative estimate of drug-likeness (QED) is 0.800. The fourth-order valence-corrected chi connectivity index (χ4v) is 1.93. The summed E-state index contributed by atoms with van der Waals surface area (Å²) in [5.74, 6) is 0.334. The largest absolute Gasteiger partial charge is 0.493 e. The Morgan fingerprint density at radius 1 is 1.33 bits per heavy atom. The zero-order valence-electron chi connectivity index (χ0n) is 9.83. The van der Waals surface area contributed by atoms with Crippen molar-refractivity contribution in [3.63, 3.8) is 0 Å². The Morgan fingerprint density at radius 3 is 2.83 bits per heavy atom. The van der Waals surface area contributed by atoms with E-state index in [4.69, 9.17) is 5.73 Å². The van der Waals surface area contributed by atoms with Crippen LogP contribution in [0.2, 0.25) is 0 Å². The second-order valence-corrected chi connectivity index (χ2v) is 4.11. The van der Waals surface area contributed by atoms with Crippen molar-refractivity contribution in [3.8, 4) is 5.88 Å². The van der Waals surface area contributed by atoms with Crippen LogP contribution >= 0.6 is 0 Å². The highest BCUT2D eigenvalue weighted by molar-refractivity contribution is 6.21. The maximum absolute atomic E-state index is 9.86. The van der Waals surface area contributed by atoms with Crippen LogP contribution in [0.15, 0.2) is 29.3 Å². The molecule has 1 aliphatic rings. The highest BCUT2D eigenvalue weighted by atomic mass is 16.3. The fraction of sp³-hybridized carbons (Fsp3) is 0.0769. The molecule has 1 aromatic heterocycles. The van der Waals surface area contributed by atoms with Crippen molar-refractivity contribution in [2.75, 3.05) is 5.73 Å². The molecule has 0 bridgehead atoms. The van der Waals surface area contributed by atoms with Crippen LogP contribution in [-0.2, 0) is 7.05 Å². The van der Waals surface area contributed by atoms with Crippen LogP contribution in [0.5, 0.6) is 5.88 Å². The van der Waals surface area contributed by atoms with Crippen molar-refractivity contribution >= 4 is 29.5 Å². The van der Waals surface area contributed by atoms with Gasteiger partial charge < -0.3 is 10.8 Å². The third kappa shape index (κ3) is 1.48. The number of nitrogens with two attached hydrogens (primary N) is 1. The van der Waals surface area contributed by atoms with Gasteiger partial charge in [0.05, 0.1) is 5.69 Å². The Morgan fingerprint density at radius 2 is 2.11 bits per heavy atom. The second-order valence-electron chi connectivity index (χ2n) is 4.11. The molecular weight excluding hydrogens is 228 g/mol. The van der Waals surface area contributed by atoms with Gasteiger partial charge in [-0.05, 0) is 12.1 Å². The third-order valence-electron chi connectivity index (χ3n) is 2.98. The van der Waals surface area contributed by atoms with Gasteiger partial charge in [-0.15, -0.1) is 0 Å². The van der Waals surface area contributed by atoms with Gasteiger partial charge >= 0.3 is 0 Å². The molecule has 5 heteroatoms. The number of hydrogen-bond acceptors (Lipinski definition) is 4. The number of benzene rings is 1. The third-order valence-corrected chi connectivity index (χ3v) is 2.98. The molecule has 0 aliphatic carbocycles. The predicted molar refractivity (Wildman–Crippen MR) is 71.8 cm³/mol. The zero-order chi connectivity index (χ0) is 12.7. The van der Waals surface area contributed by atoms with Crippen LogP contribution in [0.4, 0.5) is 11.6 Å². The maximum Gasteiger partial charge on any atom is 0.220 e. The number of aliphatic imine (C=N–C) groups is 1. The Hall–Kier alpha value is -2.56. The molecule has 0 saturated heterocycles. The smallest absolute Gasteiger partial charge is 0.220 e. The number of fused-ring (bicyclic) bond motifs is 1. The van der Waals surface area contributed by atoms with Gasteiger partial charge in [0.1, 0.15) is 5.69 Å². The number of rotatable bonds is 1. The number of imidazole rings is 1. The monoisotopic (exact) mass is 240 g/mol. The molecule has 0 saturated carbocycles. The van der Waals surface area contributed by atoms with Crippen LogP contribution in [0.3, 0.4) is 0 Å². The number of hydrogen-bond donors (Lipinski definition) is 2. The highest BCUT2D eigenvalue weighted by Gasteiger charge is 2.14. The highest BCUT2D eigenvalue weighted by Crippen LogP contribution is 2.33. The van der Waals surface area contributed by atoms with Crippen molar-refractivity contribution in [1.82, 2.24) is 9.55 Å². The van der Waals surface area contributed by atoms with Crippen LogP contribution in [0.25, 0.3) is 11.6 Å². The molecule has 0 radical (unpaired) electrons. The van der Waals surface area contributed by atoms with Gasteiger partial charge in [-0.25, -0.2) is 4.98 Å². The molecule has 0 atom stereocenters. The summed E-state index contributed by atoms with van der Waals surface area (Å²) in [6, 6.07) is 7.82. The van der Waals surface area contributed by atoms with Crippen LogP contribution in [0, 0.1) is 0 Å². The van der Waals surface area contributed by atoms with Gasteiger partial charge in [0.15, 0.2) is 0 Å². The normalized spacial score (nSPS) is 15.3. The van der Waals surface area contributed by atoms with E-state index in [1.807, 2.05) is 24.3 Å². The average Bonchev–Trinajstić information content (AvgIpc) is 2.89. The molecule has 0 spiro atoms. The summed E-state index contributed by atoms with van der Waals surface area (Å²) in [5.41, 5.74) is 8.96. The standard InChI is InChI=1S/C13H12N4O/c1-17-12(18)11(16-13(17)14)6-8-7-15-10-5-3-2-4-9(8)10/h2-7,18H,1H3,(H2,14,16). The van der Waals surface area contributed by atoms with Crippen molar-refractivity contribution in [2.45, 2.75) is 0 Å². The lowest BCUT2D eigenvalue weighted by atomic mass is 10.1. The summed E-state index contributed by atoms with van der Waals surface area (Å²) in [5, 5.41) is 9.86. The van der Waals surface area contributed by atoms with E-state index in [9.17, 15) is 5.11 Å². The molecule has 5 nitrogen and oxygen atoms in total. The minimum atomic E-state index is 0.0535. The average molecular weight is 240 g/mol. The van der Waals surface area contributed by atoms with Crippen LogP contribution in [-0.4, -0.2) is 20.9 Å². The Labute approximate surface area is 104 Å². The van der Waals surface area contributed by atoms with E-state index < -0.39 is 0 Å². The molecule has 1 aromatic carbocycles. The topological polar surface area (TPSA) is 76.4 Å². The zero-order valence-corrected chi connectivity index (χ0v) is 9.83. The molecule has 3 N–H and O–H groups in total. The van der Waals surface area contributed by atoms with Crippen LogP contribution < -0.4 is 5.73 Å². The van der Waals surface area contributed by atoms with E-state index in [-0.39, 0.29) is 11.8 Å². The van der Waals surface area contributed by atoms with E-state index >= 15 is 0 Å². The lowest BCUT2D eigenvalue weighted by molar-refractivity contribution is 0.432. The van der Waals surface area contributed by atoms with Crippen molar-refractivity contribution in [3.05, 3.63) is 35.5 Å². The number of nitrogen functional groups attached to an aromatic ring is 1. The second kappa shape index (κ2) is 3.73. The first kappa shape index (κ1) is 10.6. The minimum Gasteiger partial charge on any atom is -0.493 e. The number of anilines is 1. The number of aromatic nitrogens is 2. The summed E-state index contributed by atoms with van der Waals surface area (Å²) >= 11 is 0. The molecule has 2 heterocycles. The molecule has 3 rings (SSSR count). The van der Waals surface area contributed by atoms with E-state index in [0.717, 1.165) is 16.8 Å². The maximum atomic E-state index is 9.86. The van der Waals surface area contributed by atoms with Crippen molar-refractivity contribution in [1.29, 1.82) is 0 Å². The number of aromatic hydroxyl groups is 1. The summed E-state index contributed by atoms with van der Waals surface area (Å²) in [6.07, 6.45) is 3.54. The summed E-state index contributed by atoms with van der Waals surface area (Å²) in [6.45, 7) is 0. The predicted octanol–water partition coefficient (Wildman–Crippen LogP) is 1.96. The first-order valence-corrected chi connectivity index (χ1v) is 5.53. The molecule has 18 heavy (non-hydrogen) atoms. The van der Waals surface area contributed by atoms with Gasteiger partial charge in [-0.2, -0.15) is 0 Å². The molecular formula is C13H12N4O. The minimum absolute atomic E-state index is 0.0535. The SMILES string of the molecule is Cn1c(N)nc(C=C2C=Nc3ccccc32)c1O. The summed E-state index contributed by atoms with van der Waals surface area (Å²) in [7, 11) is 1.66. The Kier molecular flexibility index (Phi) is 2.19. The Bertz CT molecular complexity index is 682. The van der Waals surface area contributed by atoms with Gasteiger partial charge in [0.25, 0.3) is 0 Å². The lowest BCUT2D eigenvalue weighted by Crippen LogP contribution is -1.95. The fourth-order valence-electron chi connectivity index (χ4n) is 1.93. The molecule has 0 amide bonds. The van der Waals surface area contributed by atoms with Gasteiger partial charge in [0.2, 0.25) is 11.8 Å². The van der Waals surface area contributed by atoms with E-state index in [1.165, 1.54) is 4.57 Å². The van der Waals surface area contributed by atoms with E-state index in [2.05, 4.69) is 9.98 Å². The van der Waals surface area contributed by atoms with E-state index in [0.29, 0.717) is 5.69 Å². The van der Waals surface area contributed by atoms with Crippen LogP contribution in [0.1, 0.15) is 11.3 Å². The number of allylic oxidation sites excluding steroid dienone is 1. The summed E-state index contributed by atoms with van der Waals surface area (Å²) in [4.78, 5) is 8.39. The Balaban J connectivity index is 2.09. The lowest BCUT2D eigenvalue weighted by Gasteiger charge is -1.98. The van der Waals surface area contributed by atoms with Gasteiger partial charge in [-0.3, -0.25) is 9.56 Å². The number of nitrogens with zero attached hydrogens (tertiary/aromatic N) is 3. The van der Waals surface area contributed by atoms with Crippen molar-refractivity contribution < 1.29 is 5.11 Å². The van der Waals surface area contributed by atoms with Gasteiger partial charge in [0, 0.05) is 24.4 Å². The molecule has 2 aromatic rings. The number of para-hydroxylation sites is 1. The molecule has 0 fully saturated rings. The first-order chi connectivity index (χ1) is 8.66. The van der Waals surface area contributed by atoms with E-state index in [1.54, 1.807) is 19.3 Å². The van der Waals surface area contributed by atoms with Gasteiger partial charge in [-0.1, -0.05) is 18.2 Å². The first-order valence-electron chi connectivity index (χ1n) is 5.53. The molecule has 90 valence electrons. The molecule has 1 aliphatic heterocycles. The van der Waals surface area contributed by atoms with Crippen molar-refractivity contribution in [2.24, 2.45) is 12.0 Å². The molecule has 0 unspecified atom stereocenters.